The number of halogens is 3. The number of hydrogen-bond donors (Lipinski definition) is 0. The molecule has 0 saturated carbocycles. The zero-order valence-electron chi connectivity index (χ0n) is 11.5. The first-order valence-electron chi connectivity index (χ1n) is 6.47. The van der Waals surface area contributed by atoms with Crippen molar-refractivity contribution in [2.45, 2.75) is 6.42 Å². The second-order valence-electron chi connectivity index (χ2n) is 5.35. The van der Waals surface area contributed by atoms with E-state index in [1.807, 2.05) is 7.05 Å². The molecule has 0 bridgehead atoms. The number of nitrogens with zero attached hydrogens (tertiary/aromatic N) is 2. The Morgan fingerprint density at radius 2 is 2.05 bits per heavy atom. The zero-order valence-corrected chi connectivity index (χ0v) is 13.1. The number of carbonyl (C=O) groups is 1. The largest absolute Gasteiger partial charge is 0.341 e. The molecule has 1 aliphatic heterocycles. The van der Waals surface area contributed by atoms with Gasteiger partial charge in [-0.15, -0.1) is 0 Å². The van der Waals surface area contributed by atoms with E-state index in [2.05, 4.69) is 20.8 Å². The van der Waals surface area contributed by atoms with Crippen molar-refractivity contribution in [2.24, 2.45) is 5.92 Å². The monoisotopic (exact) mass is 346 g/mol. The van der Waals surface area contributed by atoms with Gasteiger partial charge < -0.3 is 9.80 Å². The molecular weight excluding hydrogens is 330 g/mol. The molecule has 3 nitrogen and oxygen atoms in total. The van der Waals surface area contributed by atoms with Crippen LogP contribution in [0.2, 0.25) is 0 Å². The molecule has 6 heteroatoms. The summed E-state index contributed by atoms with van der Waals surface area (Å²) in [5.74, 6) is -1.92. The predicted octanol–water partition coefficient (Wildman–Crippen LogP) is 2.75. The average molecular weight is 347 g/mol. The molecule has 0 aliphatic carbocycles. The summed E-state index contributed by atoms with van der Waals surface area (Å²) < 4.78 is 27.8. The Balaban J connectivity index is 2.11. The molecule has 1 unspecified atom stereocenters. The van der Waals surface area contributed by atoms with E-state index in [9.17, 15) is 13.6 Å². The van der Waals surface area contributed by atoms with Crippen LogP contribution in [0.1, 0.15) is 16.8 Å². The van der Waals surface area contributed by atoms with Crippen molar-refractivity contribution < 1.29 is 13.6 Å². The minimum Gasteiger partial charge on any atom is -0.341 e. The lowest BCUT2D eigenvalue weighted by atomic mass is 10.1. The van der Waals surface area contributed by atoms with Crippen molar-refractivity contribution in [3.05, 3.63) is 33.8 Å². The van der Waals surface area contributed by atoms with Crippen LogP contribution >= 0.6 is 15.9 Å². The van der Waals surface area contributed by atoms with Crippen molar-refractivity contribution in [2.75, 3.05) is 33.7 Å². The average Bonchev–Trinajstić information content (AvgIpc) is 2.73. The van der Waals surface area contributed by atoms with Crippen LogP contribution in [0.15, 0.2) is 16.6 Å². The van der Waals surface area contributed by atoms with Crippen LogP contribution in [0, 0.1) is 17.6 Å². The second kappa shape index (κ2) is 6.18. The zero-order chi connectivity index (χ0) is 14.9. The predicted molar refractivity (Wildman–Crippen MR) is 76.6 cm³/mol. The summed E-state index contributed by atoms with van der Waals surface area (Å²) >= 11 is 3.00. The molecule has 1 aromatic carbocycles. The van der Waals surface area contributed by atoms with Crippen LogP contribution < -0.4 is 0 Å². The third-order valence-corrected chi connectivity index (χ3v) is 4.05. The van der Waals surface area contributed by atoms with Gasteiger partial charge in [0.05, 0.1) is 0 Å². The van der Waals surface area contributed by atoms with E-state index in [1.165, 1.54) is 4.90 Å². The highest BCUT2D eigenvalue weighted by atomic mass is 79.9. The molecule has 1 fully saturated rings. The standard InChI is InChI=1S/C14H17BrF2N2O/c1-18-4-3-9(7-18)8-19(2)14(20)13-11(16)5-10(15)6-12(13)17/h5-6,9H,3-4,7-8H2,1-2H3. The normalized spacial score (nSPS) is 19.4. The Morgan fingerprint density at radius 3 is 2.55 bits per heavy atom. The van der Waals surface area contributed by atoms with Gasteiger partial charge in [0.15, 0.2) is 0 Å². The van der Waals surface area contributed by atoms with Crippen molar-refractivity contribution in [3.63, 3.8) is 0 Å². The molecule has 0 radical (unpaired) electrons. The lowest BCUT2D eigenvalue weighted by Gasteiger charge is -2.21. The number of likely N-dealkylation sites (tertiary alicyclic amines) is 1. The minimum atomic E-state index is -0.836. The lowest BCUT2D eigenvalue weighted by molar-refractivity contribution is 0.0764. The Hall–Kier alpha value is -1.01. The maximum atomic E-state index is 13.8. The number of rotatable bonds is 3. The summed E-state index contributed by atoms with van der Waals surface area (Å²) in [6.07, 6.45) is 0.999. The number of hydrogen-bond acceptors (Lipinski definition) is 2. The van der Waals surface area contributed by atoms with E-state index in [1.54, 1.807) is 7.05 Å². The van der Waals surface area contributed by atoms with E-state index >= 15 is 0 Å². The fourth-order valence-electron chi connectivity index (χ4n) is 2.58. The van der Waals surface area contributed by atoms with Crippen LogP contribution in [-0.4, -0.2) is 49.4 Å². The highest BCUT2D eigenvalue weighted by Gasteiger charge is 2.26. The van der Waals surface area contributed by atoms with Crippen LogP contribution in [0.4, 0.5) is 8.78 Å². The van der Waals surface area contributed by atoms with Crippen molar-refractivity contribution in [1.82, 2.24) is 9.80 Å². The molecule has 2 rings (SSSR count). The third kappa shape index (κ3) is 3.35. The molecule has 1 heterocycles. The van der Waals surface area contributed by atoms with Gasteiger partial charge in [-0.25, -0.2) is 8.78 Å². The van der Waals surface area contributed by atoms with E-state index in [-0.39, 0.29) is 4.47 Å². The lowest BCUT2D eigenvalue weighted by Crippen LogP contribution is -2.33. The summed E-state index contributed by atoms with van der Waals surface area (Å²) in [4.78, 5) is 15.8. The first-order chi connectivity index (χ1) is 9.38. The number of benzene rings is 1. The van der Waals surface area contributed by atoms with Crippen molar-refractivity contribution in [1.29, 1.82) is 0 Å². The topological polar surface area (TPSA) is 23.6 Å². The fraction of sp³-hybridized carbons (Fsp3) is 0.500. The molecule has 1 atom stereocenters. The van der Waals surface area contributed by atoms with E-state index in [4.69, 9.17) is 0 Å². The molecule has 0 N–H and O–H groups in total. The van der Waals surface area contributed by atoms with E-state index in [0.29, 0.717) is 12.5 Å². The molecule has 0 aromatic heterocycles. The fourth-order valence-corrected chi connectivity index (χ4v) is 2.98. The summed E-state index contributed by atoms with van der Waals surface area (Å²) in [5, 5.41) is 0. The van der Waals surface area contributed by atoms with Crippen molar-refractivity contribution >= 4 is 21.8 Å². The summed E-state index contributed by atoms with van der Waals surface area (Å²) in [5.41, 5.74) is -0.484. The second-order valence-corrected chi connectivity index (χ2v) is 6.26. The Labute approximate surface area is 125 Å². The molecule has 1 aliphatic rings. The van der Waals surface area contributed by atoms with Crippen molar-refractivity contribution in [3.8, 4) is 0 Å². The molecule has 20 heavy (non-hydrogen) atoms. The minimum absolute atomic E-state index is 0.282. The Bertz CT molecular complexity index is 501. The van der Waals surface area contributed by atoms with Gasteiger partial charge >= 0.3 is 0 Å². The Kier molecular flexibility index (Phi) is 4.75. The SMILES string of the molecule is CN1CCC(CN(C)C(=O)c2c(F)cc(Br)cc2F)C1. The molecular formula is C14H17BrF2N2O. The number of amides is 1. The van der Waals surface area contributed by atoms with Crippen LogP contribution in [-0.2, 0) is 0 Å². The van der Waals surface area contributed by atoms with Crippen LogP contribution in [0.25, 0.3) is 0 Å². The number of carbonyl (C=O) groups excluding carboxylic acids is 1. The quantitative estimate of drug-likeness (QED) is 0.840. The summed E-state index contributed by atoms with van der Waals surface area (Å²) in [6.45, 7) is 2.41. The van der Waals surface area contributed by atoms with Gasteiger partial charge in [0, 0.05) is 24.6 Å². The van der Waals surface area contributed by atoms with Gasteiger partial charge in [-0.05, 0) is 38.1 Å². The molecule has 1 saturated heterocycles. The first-order valence-corrected chi connectivity index (χ1v) is 7.26. The van der Waals surface area contributed by atoms with Gasteiger partial charge in [0.25, 0.3) is 5.91 Å². The van der Waals surface area contributed by atoms with Gasteiger partial charge in [-0.3, -0.25) is 4.79 Å². The Morgan fingerprint density at radius 1 is 1.45 bits per heavy atom. The maximum absolute atomic E-state index is 13.8. The highest BCUT2D eigenvalue weighted by Crippen LogP contribution is 2.22. The molecule has 1 amide bonds. The maximum Gasteiger partial charge on any atom is 0.259 e. The smallest absolute Gasteiger partial charge is 0.259 e. The van der Waals surface area contributed by atoms with E-state index < -0.39 is 23.1 Å². The molecule has 110 valence electrons. The van der Waals surface area contributed by atoms with Crippen LogP contribution in [0.3, 0.4) is 0 Å². The van der Waals surface area contributed by atoms with Gasteiger partial charge in [-0.2, -0.15) is 0 Å². The van der Waals surface area contributed by atoms with Gasteiger partial charge in [0.1, 0.15) is 17.2 Å². The van der Waals surface area contributed by atoms with Gasteiger partial charge in [0.2, 0.25) is 0 Å². The highest BCUT2D eigenvalue weighted by molar-refractivity contribution is 9.10. The molecule has 1 aromatic rings. The van der Waals surface area contributed by atoms with E-state index in [0.717, 1.165) is 31.6 Å². The molecule has 0 spiro atoms. The van der Waals surface area contributed by atoms with Crippen LogP contribution in [0.5, 0.6) is 0 Å². The first kappa shape index (κ1) is 15.4. The van der Waals surface area contributed by atoms with Gasteiger partial charge in [-0.1, -0.05) is 15.9 Å². The summed E-state index contributed by atoms with van der Waals surface area (Å²) in [7, 11) is 3.61. The third-order valence-electron chi connectivity index (χ3n) is 3.59. The summed E-state index contributed by atoms with van der Waals surface area (Å²) in [6, 6.07) is 2.21.